The predicted molar refractivity (Wildman–Crippen MR) is 81.2 cm³/mol. The van der Waals surface area contributed by atoms with Crippen LogP contribution in [0, 0.1) is 12.8 Å². The van der Waals surface area contributed by atoms with Crippen LogP contribution in [0.3, 0.4) is 0 Å². The van der Waals surface area contributed by atoms with E-state index in [4.69, 9.17) is 0 Å². The van der Waals surface area contributed by atoms with E-state index in [9.17, 15) is 8.42 Å². The van der Waals surface area contributed by atoms with E-state index in [1.165, 1.54) is 17.4 Å². The van der Waals surface area contributed by atoms with E-state index in [1.807, 2.05) is 7.05 Å². The highest BCUT2D eigenvalue weighted by atomic mass is 32.2. The predicted octanol–water partition coefficient (Wildman–Crippen LogP) is 2.20. The molecule has 1 aromatic rings. The van der Waals surface area contributed by atoms with Crippen molar-refractivity contribution in [3.05, 3.63) is 35.4 Å². The molecule has 1 N–H and O–H groups in total. The summed E-state index contributed by atoms with van der Waals surface area (Å²) in [6.07, 6.45) is 4.01. The summed E-state index contributed by atoms with van der Waals surface area (Å²) in [7, 11) is -0.890. The molecule has 1 aromatic carbocycles. The Labute approximate surface area is 117 Å². The number of hydrogen-bond acceptors (Lipinski definition) is 3. The van der Waals surface area contributed by atoms with Crippen LogP contribution in [0.2, 0.25) is 0 Å². The van der Waals surface area contributed by atoms with Crippen LogP contribution in [-0.2, 0) is 16.3 Å². The quantitative estimate of drug-likeness (QED) is 0.795. The molecule has 19 heavy (non-hydrogen) atoms. The highest BCUT2D eigenvalue weighted by Crippen LogP contribution is 2.17. The second kappa shape index (κ2) is 7.65. The summed E-state index contributed by atoms with van der Waals surface area (Å²) in [6, 6.07) is 8.40. The van der Waals surface area contributed by atoms with Crippen molar-refractivity contribution in [3.8, 4) is 0 Å². The minimum absolute atomic E-state index is 0.293. The lowest BCUT2D eigenvalue weighted by Crippen LogP contribution is -2.22. The maximum atomic E-state index is 11.2. The fourth-order valence-electron chi connectivity index (χ4n) is 2.35. The van der Waals surface area contributed by atoms with E-state index in [1.54, 1.807) is 0 Å². The minimum atomic E-state index is -2.84. The van der Waals surface area contributed by atoms with Gasteiger partial charge in [0, 0.05) is 12.0 Å². The van der Waals surface area contributed by atoms with E-state index in [0.717, 1.165) is 25.8 Å². The molecule has 108 valence electrons. The van der Waals surface area contributed by atoms with Crippen LogP contribution >= 0.6 is 0 Å². The SMILES string of the molecule is CNCC(CCCS(C)(=O)=O)Cc1ccccc1C. The fourth-order valence-corrected chi connectivity index (χ4v) is 3.04. The molecule has 0 spiro atoms. The maximum absolute atomic E-state index is 11.2. The van der Waals surface area contributed by atoms with Gasteiger partial charge in [-0.25, -0.2) is 8.42 Å². The summed E-state index contributed by atoms with van der Waals surface area (Å²) in [4.78, 5) is 0. The molecular formula is C15H25NO2S. The van der Waals surface area contributed by atoms with Gasteiger partial charge in [-0.05, 0) is 56.8 Å². The normalized spacial score (nSPS) is 13.4. The van der Waals surface area contributed by atoms with Crippen molar-refractivity contribution < 1.29 is 8.42 Å². The molecule has 0 heterocycles. The summed E-state index contributed by atoms with van der Waals surface area (Å²) in [5.41, 5.74) is 2.67. The first kappa shape index (κ1) is 16.2. The van der Waals surface area contributed by atoms with Gasteiger partial charge in [0.15, 0.2) is 0 Å². The van der Waals surface area contributed by atoms with Crippen molar-refractivity contribution in [1.82, 2.24) is 5.32 Å². The van der Waals surface area contributed by atoms with Gasteiger partial charge >= 0.3 is 0 Å². The van der Waals surface area contributed by atoms with E-state index >= 15 is 0 Å². The molecule has 0 aromatic heterocycles. The van der Waals surface area contributed by atoms with Gasteiger partial charge in [0.2, 0.25) is 0 Å². The molecule has 1 unspecified atom stereocenters. The van der Waals surface area contributed by atoms with E-state index in [2.05, 4.69) is 36.5 Å². The van der Waals surface area contributed by atoms with Crippen LogP contribution < -0.4 is 5.32 Å². The number of sulfone groups is 1. The lowest BCUT2D eigenvalue weighted by Gasteiger charge is -2.17. The number of benzene rings is 1. The molecule has 0 bridgehead atoms. The van der Waals surface area contributed by atoms with Crippen molar-refractivity contribution in [2.75, 3.05) is 25.6 Å². The average Bonchev–Trinajstić information content (AvgIpc) is 2.30. The number of nitrogens with one attached hydrogen (secondary N) is 1. The summed E-state index contributed by atoms with van der Waals surface area (Å²) in [6.45, 7) is 3.06. The molecule has 0 saturated heterocycles. The molecule has 0 aliphatic rings. The Morgan fingerprint density at radius 1 is 1.26 bits per heavy atom. The molecule has 0 amide bonds. The monoisotopic (exact) mass is 283 g/mol. The number of hydrogen-bond donors (Lipinski definition) is 1. The van der Waals surface area contributed by atoms with Gasteiger partial charge in [0.05, 0.1) is 0 Å². The van der Waals surface area contributed by atoms with E-state index < -0.39 is 9.84 Å². The van der Waals surface area contributed by atoms with Crippen LogP contribution in [-0.4, -0.2) is 34.0 Å². The Balaban J connectivity index is 2.55. The van der Waals surface area contributed by atoms with Gasteiger partial charge in [0.25, 0.3) is 0 Å². The van der Waals surface area contributed by atoms with Crippen molar-refractivity contribution in [2.45, 2.75) is 26.2 Å². The zero-order valence-electron chi connectivity index (χ0n) is 12.1. The topological polar surface area (TPSA) is 46.2 Å². The van der Waals surface area contributed by atoms with Gasteiger partial charge in [-0.2, -0.15) is 0 Å². The van der Waals surface area contributed by atoms with Gasteiger partial charge in [0.1, 0.15) is 9.84 Å². The third-order valence-electron chi connectivity index (χ3n) is 3.39. The second-order valence-electron chi connectivity index (χ2n) is 5.33. The third-order valence-corrected chi connectivity index (χ3v) is 4.42. The van der Waals surface area contributed by atoms with Crippen LogP contribution in [0.1, 0.15) is 24.0 Å². The number of aryl methyl sites for hydroxylation is 1. The standard InChI is InChI=1S/C15H25NO2S/c1-13-7-4-5-9-15(13)11-14(12-16-2)8-6-10-19(3,17)18/h4-5,7,9,14,16H,6,8,10-12H2,1-3H3. The molecule has 0 aliphatic carbocycles. The van der Waals surface area contributed by atoms with E-state index in [-0.39, 0.29) is 0 Å². The highest BCUT2D eigenvalue weighted by molar-refractivity contribution is 7.90. The summed E-state index contributed by atoms with van der Waals surface area (Å²) >= 11 is 0. The van der Waals surface area contributed by atoms with Crippen molar-refractivity contribution in [3.63, 3.8) is 0 Å². The Morgan fingerprint density at radius 2 is 1.95 bits per heavy atom. The maximum Gasteiger partial charge on any atom is 0.147 e. The lowest BCUT2D eigenvalue weighted by atomic mass is 9.93. The number of rotatable bonds is 8. The smallest absolute Gasteiger partial charge is 0.147 e. The van der Waals surface area contributed by atoms with Crippen LogP contribution in [0.15, 0.2) is 24.3 Å². The first-order valence-electron chi connectivity index (χ1n) is 6.79. The summed E-state index contributed by atoms with van der Waals surface area (Å²) in [5.74, 6) is 0.786. The van der Waals surface area contributed by atoms with Crippen molar-refractivity contribution >= 4 is 9.84 Å². The van der Waals surface area contributed by atoms with Crippen LogP contribution in [0.5, 0.6) is 0 Å². The Bertz CT molecular complexity index is 483. The molecule has 4 heteroatoms. The summed E-state index contributed by atoms with van der Waals surface area (Å²) < 4.78 is 22.3. The molecular weight excluding hydrogens is 258 g/mol. The van der Waals surface area contributed by atoms with Crippen molar-refractivity contribution in [1.29, 1.82) is 0 Å². The van der Waals surface area contributed by atoms with Gasteiger partial charge in [-0.3, -0.25) is 0 Å². The van der Waals surface area contributed by atoms with Crippen LogP contribution in [0.4, 0.5) is 0 Å². The molecule has 0 saturated carbocycles. The summed E-state index contributed by atoms with van der Waals surface area (Å²) in [5, 5.41) is 3.21. The third kappa shape index (κ3) is 6.73. The Kier molecular flexibility index (Phi) is 6.52. The molecule has 1 rings (SSSR count). The average molecular weight is 283 g/mol. The zero-order valence-corrected chi connectivity index (χ0v) is 13.0. The zero-order chi connectivity index (χ0) is 14.3. The van der Waals surface area contributed by atoms with Gasteiger partial charge in [-0.1, -0.05) is 24.3 Å². The van der Waals surface area contributed by atoms with E-state index in [0.29, 0.717) is 11.7 Å². The highest BCUT2D eigenvalue weighted by Gasteiger charge is 2.12. The lowest BCUT2D eigenvalue weighted by molar-refractivity contribution is 0.454. The first-order valence-corrected chi connectivity index (χ1v) is 8.85. The Morgan fingerprint density at radius 3 is 2.53 bits per heavy atom. The molecule has 0 radical (unpaired) electrons. The molecule has 0 fully saturated rings. The van der Waals surface area contributed by atoms with Gasteiger partial charge < -0.3 is 5.32 Å². The van der Waals surface area contributed by atoms with Crippen molar-refractivity contribution in [2.24, 2.45) is 5.92 Å². The second-order valence-corrected chi connectivity index (χ2v) is 7.59. The van der Waals surface area contributed by atoms with Gasteiger partial charge in [-0.15, -0.1) is 0 Å². The molecule has 3 nitrogen and oxygen atoms in total. The fraction of sp³-hybridized carbons (Fsp3) is 0.600. The largest absolute Gasteiger partial charge is 0.319 e. The first-order chi connectivity index (χ1) is 8.92. The Hall–Kier alpha value is -0.870. The molecule has 1 atom stereocenters. The van der Waals surface area contributed by atoms with Crippen LogP contribution in [0.25, 0.3) is 0 Å². The molecule has 0 aliphatic heterocycles. The minimum Gasteiger partial charge on any atom is -0.319 e.